The standard InChI is InChI=1S/C46H62N4O12/c1-10-48(22-12-13-45(55)61-11-2)37-30-38(56-5)35(29-36(37)47(3)4)46-33-16-14-31(49(23-18-41(51)57-6)24-19-42(52)58-7)27-39(33)62-40-28-32(15-17-34(40)46)50(25-20-43(53)59-8)26-21-44(54)60-9/h14-17,27-30,46H,10-13,18-26H2,1-9H3. The fourth-order valence-corrected chi connectivity index (χ4v) is 7.45. The highest BCUT2D eigenvalue weighted by atomic mass is 16.5. The Hall–Kier alpha value is -6.19. The molecule has 16 heteroatoms. The molecule has 4 rings (SSSR count). The van der Waals surface area contributed by atoms with Crippen LogP contribution >= 0.6 is 0 Å². The quantitative estimate of drug-likeness (QED) is 0.0588. The maximum atomic E-state index is 12.3. The van der Waals surface area contributed by atoms with E-state index in [0.29, 0.717) is 61.2 Å². The van der Waals surface area contributed by atoms with Gasteiger partial charge in [0.2, 0.25) is 0 Å². The second kappa shape index (κ2) is 23.7. The van der Waals surface area contributed by atoms with Gasteiger partial charge < -0.3 is 52.8 Å². The van der Waals surface area contributed by atoms with Crippen LogP contribution in [0.5, 0.6) is 17.2 Å². The zero-order valence-corrected chi connectivity index (χ0v) is 37.6. The second-order valence-corrected chi connectivity index (χ2v) is 14.7. The first-order valence-corrected chi connectivity index (χ1v) is 20.8. The summed E-state index contributed by atoms with van der Waals surface area (Å²) >= 11 is 0. The number of fused-ring (bicyclic) bond motifs is 2. The minimum absolute atomic E-state index is 0.0892. The van der Waals surface area contributed by atoms with Gasteiger partial charge in [0.15, 0.2) is 0 Å². The van der Waals surface area contributed by atoms with Gasteiger partial charge >= 0.3 is 29.8 Å². The first-order chi connectivity index (χ1) is 29.8. The lowest BCUT2D eigenvalue weighted by Crippen LogP contribution is -2.30. The number of anilines is 4. The number of carbonyl (C=O) groups is 5. The third kappa shape index (κ3) is 12.7. The smallest absolute Gasteiger partial charge is 0.307 e. The van der Waals surface area contributed by atoms with Crippen LogP contribution in [0, 0.1) is 0 Å². The number of ether oxygens (including phenoxy) is 7. The molecule has 0 N–H and O–H groups in total. The van der Waals surface area contributed by atoms with Gasteiger partial charge in [0.1, 0.15) is 17.2 Å². The number of methoxy groups -OCH3 is 5. The van der Waals surface area contributed by atoms with Crippen LogP contribution in [0.2, 0.25) is 0 Å². The topological polar surface area (TPSA) is 163 Å². The summed E-state index contributed by atoms with van der Waals surface area (Å²) in [7, 11) is 10.9. The van der Waals surface area contributed by atoms with Gasteiger partial charge in [0.05, 0.1) is 79.2 Å². The van der Waals surface area contributed by atoms with Gasteiger partial charge in [-0.3, -0.25) is 24.0 Å². The summed E-state index contributed by atoms with van der Waals surface area (Å²) in [4.78, 5) is 69.4. The second-order valence-electron chi connectivity index (χ2n) is 14.7. The molecule has 0 aliphatic carbocycles. The summed E-state index contributed by atoms with van der Waals surface area (Å²) in [5, 5.41) is 0. The highest BCUT2D eigenvalue weighted by Gasteiger charge is 2.34. The number of rotatable bonds is 24. The van der Waals surface area contributed by atoms with Crippen molar-refractivity contribution >= 4 is 52.6 Å². The molecule has 0 amide bonds. The Balaban J connectivity index is 1.91. The molecular formula is C46H62N4O12. The number of hydrogen-bond donors (Lipinski definition) is 0. The van der Waals surface area contributed by atoms with E-state index in [2.05, 4.69) is 22.8 Å². The van der Waals surface area contributed by atoms with Crippen molar-refractivity contribution in [3.05, 3.63) is 65.2 Å². The molecule has 0 bridgehead atoms. The zero-order valence-electron chi connectivity index (χ0n) is 37.6. The SMILES string of the molecule is CCOC(=O)CCCN(CC)c1cc(OC)c(C2c3ccc(N(CCC(=O)OC)CCC(=O)OC)cc3Oc3cc(N(CCC(=O)OC)CCC(=O)OC)ccc32)cc1N(C)C. The summed E-state index contributed by atoms with van der Waals surface area (Å²) in [5.74, 6) is -0.459. The number of hydrogen-bond acceptors (Lipinski definition) is 16. The Morgan fingerprint density at radius 1 is 0.548 bits per heavy atom. The van der Waals surface area contributed by atoms with Crippen LogP contribution in [0.4, 0.5) is 22.7 Å². The van der Waals surface area contributed by atoms with E-state index in [0.717, 1.165) is 28.1 Å². The summed E-state index contributed by atoms with van der Waals surface area (Å²) in [5.41, 5.74) is 5.88. The van der Waals surface area contributed by atoms with E-state index in [9.17, 15) is 24.0 Å². The lowest BCUT2D eigenvalue weighted by atomic mass is 9.81. The summed E-state index contributed by atoms with van der Waals surface area (Å²) < 4.78 is 37.9. The monoisotopic (exact) mass is 862 g/mol. The molecule has 338 valence electrons. The van der Waals surface area contributed by atoms with Gasteiger partial charge in [-0.25, -0.2) is 0 Å². The van der Waals surface area contributed by atoms with E-state index in [-0.39, 0.29) is 81.7 Å². The van der Waals surface area contributed by atoms with Crippen LogP contribution in [0.15, 0.2) is 48.5 Å². The van der Waals surface area contributed by atoms with E-state index in [1.165, 1.54) is 28.4 Å². The van der Waals surface area contributed by atoms with E-state index in [4.69, 9.17) is 33.2 Å². The highest BCUT2D eigenvalue weighted by molar-refractivity contribution is 5.78. The van der Waals surface area contributed by atoms with Crippen LogP contribution in [0.1, 0.15) is 75.0 Å². The molecule has 0 saturated carbocycles. The van der Waals surface area contributed by atoms with Gasteiger partial charge in [0, 0.05) is 112 Å². The normalized spacial score (nSPS) is 11.6. The van der Waals surface area contributed by atoms with Gasteiger partial charge in [0.25, 0.3) is 0 Å². The first-order valence-electron chi connectivity index (χ1n) is 20.8. The molecule has 0 unspecified atom stereocenters. The summed E-state index contributed by atoms with van der Waals surface area (Å²) in [6, 6.07) is 15.8. The molecule has 1 aliphatic rings. The molecular weight excluding hydrogens is 801 g/mol. The zero-order chi connectivity index (χ0) is 45.3. The largest absolute Gasteiger partial charge is 0.496 e. The van der Waals surface area contributed by atoms with Crippen molar-refractivity contribution in [1.82, 2.24) is 0 Å². The fraction of sp³-hybridized carbons (Fsp3) is 0.500. The third-order valence-electron chi connectivity index (χ3n) is 10.8. The van der Waals surface area contributed by atoms with E-state index in [1.807, 2.05) is 66.4 Å². The van der Waals surface area contributed by atoms with E-state index in [1.54, 1.807) is 14.0 Å². The Bertz CT molecular complexity index is 1890. The van der Waals surface area contributed by atoms with Gasteiger partial charge in [-0.1, -0.05) is 12.1 Å². The summed E-state index contributed by atoms with van der Waals surface area (Å²) in [6.45, 7) is 6.62. The Morgan fingerprint density at radius 3 is 1.40 bits per heavy atom. The molecule has 3 aromatic rings. The average molecular weight is 863 g/mol. The van der Waals surface area contributed by atoms with Gasteiger partial charge in [-0.15, -0.1) is 0 Å². The maximum Gasteiger partial charge on any atom is 0.307 e. The van der Waals surface area contributed by atoms with Gasteiger partial charge in [-0.05, 0) is 38.5 Å². The van der Waals surface area contributed by atoms with Crippen LogP contribution in [0.3, 0.4) is 0 Å². The Morgan fingerprint density at radius 2 is 1.02 bits per heavy atom. The Kier molecular flexibility index (Phi) is 18.5. The van der Waals surface area contributed by atoms with Crippen LogP contribution < -0.4 is 29.1 Å². The molecule has 0 aromatic heterocycles. The molecule has 0 radical (unpaired) electrons. The van der Waals surface area contributed by atoms with E-state index >= 15 is 0 Å². The first kappa shape index (κ1) is 48.5. The van der Waals surface area contributed by atoms with Crippen molar-refractivity contribution in [3.63, 3.8) is 0 Å². The molecule has 0 fully saturated rings. The van der Waals surface area contributed by atoms with Crippen LogP contribution in [-0.4, -0.2) is 125 Å². The van der Waals surface area contributed by atoms with Crippen molar-refractivity contribution in [2.75, 3.05) is 115 Å². The molecule has 3 aromatic carbocycles. The lowest BCUT2D eigenvalue weighted by Gasteiger charge is -2.34. The number of carbonyl (C=O) groups excluding carboxylic acids is 5. The predicted octanol–water partition coefficient (Wildman–Crippen LogP) is 6.08. The molecule has 0 spiro atoms. The van der Waals surface area contributed by atoms with Crippen LogP contribution in [0.25, 0.3) is 0 Å². The predicted molar refractivity (Wildman–Crippen MR) is 236 cm³/mol. The molecule has 0 saturated heterocycles. The van der Waals surface area contributed by atoms with Crippen LogP contribution in [-0.2, 0) is 47.7 Å². The molecule has 0 atom stereocenters. The van der Waals surface area contributed by atoms with Crippen molar-refractivity contribution in [1.29, 1.82) is 0 Å². The Labute approximate surface area is 364 Å². The summed E-state index contributed by atoms with van der Waals surface area (Å²) in [6.07, 6.45) is 1.28. The maximum absolute atomic E-state index is 12.3. The molecule has 1 aliphatic heterocycles. The van der Waals surface area contributed by atoms with E-state index < -0.39 is 5.92 Å². The molecule has 16 nitrogen and oxygen atoms in total. The molecule has 1 heterocycles. The number of esters is 5. The third-order valence-corrected chi connectivity index (χ3v) is 10.8. The highest BCUT2D eigenvalue weighted by Crippen LogP contribution is 2.52. The minimum atomic E-state index is -0.407. The minimum Gasteiger partial charge on any atom is -0.496 e. The van der Waals surface area contributed by atoms with Crippen molar-refractivity contribution < 1.29 is 57.1 Å². The van der Waals surface area contributed by atoms with Gasteiger partial charge in [-0.2, -0.15) is 0 Å². The molecule has 62 heavy (non-hydrogen) atoms. The number of benzene rings is 3. The number of nitrogens with zero attached hydrogens (tertiary/aromatic N) is 4. The average Bonchev–Trinajstić information content (AvgIpc) is 3.28. The van der Waals surface area contributed by atoms with Crippen molar-refractivity contribution in [2.24, 2.45) is 0 Å². The fourth-order valence-electron chi connectivity index (χ4n) is 7.45. The van der Waals surface area contributed by atoms with Crippen molar-refractivity contribution in [3.8, 4) is 17.2 Å². The van der Waals surface area contributed by atoms with Crippen molar-refractivity contribution in [2.45, 2.75) is 58.3 Å². The lowest BCUT2D eigenvalue weighted by molar-refractivity contribution is -0.143.